The fourth-order valence-corrected chi connectivity index (χ4v) is 1.82. The number of oxime groups is 1. The van der Waals surface area contributed by atoms with E-state index < -0.39 is 0 Å². The highest BCUT2D eigenvalue weighted by atomic mass is 35.5. The molecule has 0 saturated heterocycles. The molecule has 0 heterocycles. The fourth-order valence-electron chi connectivity index (χ4n) is 1.64. The van der Waals surface area contributed by atoms with Crippen LogP contribution in [-0.2, 0) is 4.74 Å². The second-order valence-corrected chi connectivity index (χ2v) is 4.70. The summed E-state index contributed by atoms with van der Waals surface area (Å²) in [6.45, 7) is 0.983. The van der Waals surface area contributed by atoms with E-state index in [1.165, 1.54) is 30.2 Å². The molecule has 0 radical (unpaired) electrons. The zero-order chi connectivity index (χ0) is 15.8. The van der Waals surface area contributed by atoms with Gasteiger partial charge in [0, 0.05) is 32.2 Å². The molecular weight excluding hydrogens is 298 g/mol. The van der Waals surface area contributed by atoms with Gasteiger partial charge in [0.05, 0.1) is 11.6 Å². The monoisotopic (exact) mass is 315 g/mol. The zero-order valence-electron chi connectivity index (χ0n) is 11.6. The van der Waals surface area contributed by atoms with Crippen molar-refractivity contribution in [2.75, 3.05) is 26.8 Å². The van der Waals surface area contributed by atoms with Gasteiger partial charge in [-0.2, -0.15) is 0 Å². The van der Waals surface area contributed by atoms with Crippen molar-refractivity contribution in [3.63, 3.8) is 0 Å². The number of ether oxygens (including phenoxy) is 1. The summed E-state index contributed by atoms with van der Waals surface area (Å²) in [7, 11) is 1.53. The molecule has 0 aliphatic rings. The third-order valence-corrected chi connectivity index (χ3v) is 3.12. The lowest BCUT2D eigenvalue weighted by Crippen LogP contribution is -2.36. The Morgan fingerprint density at radius 2 is 2.19 bits per heavy atom. The third kappa shape index (κ3) is 5.13. The lowest BCUT2D eigenvalue weighted by Gasteiger charge is -2.22. The molecule has 0 aliphatic carbocycles. The Morgan fingerprint density at radius 1 is 1.48 bits per heavy atom. The number of phenolic OH excluding ortho intramolecular Hbond substituents is 1. The number of nitrogens with two attached hydrogens (primary N) is 1. The van der Waals surface area contributed by atoms with Crippen LogP contribution < -0.4 is 5.73 Å². The molecule has 0 atom stereocenters. The van der Waals surface area contributed by atoms with Crippen molar-refractivity contribution in [2.45, 2.75) is 6.42 Å². The molecule has 0 spiro atoms. The number of carbonyl (C=O) groups excluding carboxylic acids is 1. The van der Waals surface area contributed by atoms with E-state index in [4.69, 9.17) is 27.3 Å². The number of aromatic hydroxyl groups is 1. The van der Waals surface area contributed by atoms with Crippen molar-refractivity contribution in [3.8, 4) is 5.75 Å². The topological polar surface area (TPSA) is 108 Å². The lowest BCUT2D eigenvalue weighted by molar-refractivity contribution is 0.0700. The normalized spacial score (nSPS) is 11.4. The lowest BCUT2D eigenvalue weighted by atomic mass is 10.2. The molecule has 8 heteroatoms. The number of methoxy groups -OCH3 is 1. The van der Waals surface area contributed by atoms with Gasteiger partial charge < -0.3 is 25.7 Å². The van der Waals surface area contributed by atoms with Crippen LogP contribution in [0.1, 0.15) is 16.8 Å². The molecule has 1 amide bonds. The third-order valence-electron chi connectivity index (χ3n) is 2.81. The maximum Gasteiger partial charge on any atom is 0.254 e. The van der Waals surface area contributed by atoms with Crippen LogP contribution in [0.4, 0.5) is 0 Å². The number of hydrogen-bond donors (Lipinski definition) is 3. The van der Waals surface area contributed by atoms with E-state index in [0.29, 0.717) is 18.7 Å². The average Bonchev–Trinajstić information content (AvgIpc) is 2.49. The first kappa shape index (κ1) is 17.1. The van der Waals surface area contributed by atoms with Crippen LogP contribution in [0, 0.1) is 0 Å². The number of carbonyl (C=O) groups is 1. The molecule has 116 valence electrons. The van der Waals surface area contributed by atoms with Gasteiger partial charge in [0.15, 0.2) is 0 Å². The fraction of sp³-hybridized carbons (Fsp3) is 0.385. The SMILES string of the molecule is COCCN(CCC(N)=NO)C(=O)c1ccc(O)c(Cl)c1. The maximum absolute atomic E-state index is 12.4. The summed E-state index contributed by atoms with van der Waals surface area (Å²) in [6.07, 6.45) is 0.234. The molecule has 0 fully saturated rings. The molecule has 0 bridgehead atoms. The van der Waals surface area contributed by atoms with Crippen molar-refractivity contribution in [1.29, 1.82) is 0 Å². The number of benzene rings is 1. The predicted molar refractivity (Wildman–Crippen MR) is 78.9 cm³/mol. The van der Waals surface area contributed by atoms with Crippen LogP contribution in [0.3, 0.4) is 0 Å². The average molecular weight is 316 g/mol. The molecule has 0 aromatic heterocycles. The number of nitrogens with zero attached hydrogens (tertiary/aromatic N) is 2. The minimum atomic E-state index is -0.278. The number of amides is 1. The van der Waals surface area contributed by atoms with E-state index >= 15 is 0 Å². The number of hydrogen-bond acceptors (Lipinski definition) is 5. The van der Waals surface area contributed by atoms with Crippen molar-refractivity contribution in [3.05, 3.63) is 28.8 Å². The maximum atomic E-state index is 12.4. The van der Waals surface area contributed by atoms with Crippen molar-refractivity contribution in [1.82, 2.24) is 4.90 Å². The first-order valence-electron chi connectivity index (χ1n) is 6.22. The Morgan fingerprint density at radius 3 is 2.76 bits per heavy atom. The van der Waals surface area contributed by atoms with Crippen LogP contribution in [0.2, 0.25) is 5.02 Å². The second-order valence-electron chi connectivity index (χ2n) is 4.29. The molecule has 1 aromatic carbocycles. The first-order chi connectivity index (χ1) is 9.99. The summed E-state index contributed by atoms with van der Waals surface area (Å²) in [5.74, 6) is -0.332. The molecule has 1 rings (SSSR count). The van der Waals surface area contributed by atoms with Gasteiger partial charge in [0.1, 0.15) is 11.6 Å². The number of amidine groups is 1. The van der Waals surface area contributed by atoms with Crippen molar-refractivity contribution >= 4 is 23.3 Å². The van der Waals surface area contributed by atoms with Gasteiger partial charge in [0.25, 0.3) is 5.91 Å². The Labute approximate surface area is 127 Å². The largest absolute Gasteiger partial charge is 0.506 e. The van der Waals surface area contributed by atoms with Crippen molar-refractivity contribution < 1.29 is 19.8 Å². The molecule has 0 unspecified atom stereocenters. The molecule has 0 aliphatic heterocycles. The molecule has 1 aromatic rings. The van der Waals surface area contributed by atoms with Crippen molar-refractivity contribution in [2.24, 2.45) is 10.9 Å². The van der Waals surface area contributed by atoms with Crippen LogP contribution >= 0.6 is 11.6 Å². The molecular formula is C13H18ClN3O4. The van der Waals surface area contributed by atoms with Crippen LogP contribution in [0.5, 0.6) is 5.75 Å². The zero-order valence-corrected chi connectivity index (χ0v) is 12.4. The van der Waals surface area contributed by atoms with E-state index in [-0.39, 0.29) is 35.5 Å². The Balaban J connectivity index is 2.84. The summed E-state index contributed by atoms with van der Waals surface area (Å²) >= 11 is 5.80. The Hall–Kier alpha value is -1.99. The Kier molecular flexibility index (Phi) is 6.77. The standard InChI is InChI=1S/C13H18ClN3O4/c1-21-7-6-17(5-4-12(15)16-20)13(19)9-2-3-11(18)10(14)8-9/h2-3,8,18,20H,4-7H2,1H3,(H2,15,16). The second kappa shape index (κ2) is 8.33. The van der Waals surface area contributed by atoms with Gasteiger partial charge in [-0.3, -0.25) is 4.79 Å². The van der Waals surface area contributed by atoms with E-state index in [1.54, 1.807) is 0 Å². The van der Waals surface area contributed by atoms with E-state index in [9.17, 15) is 9.90 Å². The molecule has 4 N–H and O–H groups in total. The summed E-state index contributed by atoms with van der Waals surface area (Å²) in [6, 6.07) is 4.23. The quantitative estimate of drug-likeness (QED) is 0.304. The van der Waals surface area contributed by atoms with E-state index in [1.807, 2.05) is 0 Å². The van der Waals surface area contributed by atoms with Gasteiger partial charge in [-0.15, -0.1) is 0 Å². The highest BCUT2D eigenvalue weighted by Gasteiger charge is 2.17. The molecule has 21 heavy (non-hydrogen) atoms. The van der Waals surface area contributed by atoms with Crippen LogP contribution in [0.25, 0.3) is 0 Å². The number of phenols is 1. The predicted octanol–water partition coefficient (Wildman–Crippen LogP) is 1.27. The molecule has 7 nitrogen and oxygen atoms in total. The van der Waals surface area contributed by atoms with Crippen LogP contribution in [0.15, 0.2) is 23.4 Å². The minimum Gasteiger partial charge on any atom is -0.506 e. The summed E-state index contributed by atoms with van der Waals surface area (Å²) in [5.41, 5.74) is 5.75. The number of rotatable bonds is 7. The van der Waals surface area contributed by atoms with Gasteiger partial charge in [0.2, 0.25) is 0 Å². The Bertz CT molecular complexity index is 522. The molecule has 0 saturated carbocycles. The summed E-state index contributed by atoms with van der Waals surface area (Å²) in [5, 5.41) is 20.9. The summed E-state index contributed by atoms with van der Waals surface area (Å²) in [4.78, 5) is 13.9. The van der Waals surface area contributed by atoms with Gasteiger partial charge in [-0.05, 0) is 18.2 Å². The summed E-state index contributed by atoms with van der Waals surface area (Å²) < 4.78 is 4.96. The highest BCUT2D eigenvalue weighted by molar-refractivity contribution is 6.32. The van der Waals surface area contributed by atoms with Gasteiger partial charge in [-0.1, -0.05) is 16.8 Å². The smallest absolute Gasteiger partial charge is 0.254 e. The first-order valence-corrected chi connectivity index (χ1v) is 6.60. The van der Waals surface area contributed by atoms with E-state index in [0.717, 1.165) is 0 Å². The van der Waals surface area contributed by atoms with Gasteiger partial charge in [-0.25, -0.2) is 0 Å². The number of halogens is 1. The van der Waals surface area contributed by atoms with E-state index in [2.05, 4.69) is 5.16 Å². The highest BCUT2D eigenvalue weighted by Crippen LogP contribution is 2.24. The minimum absolute atomic E-state index is 0.0361. The van der Waals surface area contributed by atoms with Crippen LogP contribution in [-0.4, -0.2) is 53.8 Å². The van der Waals surface area contributed by atoms with Gasteiger partial charge >= 0.3 is 0 Å².